The minimum absolute atomic E-state index is 0.178. The lowest BCUT2D eigenvalue weighted by molar-refractivity contribution is 0.0908. The molecule has 39 heavy (non-hydrogen) atoms. The maximum Gasteiger partial charge on any atom is 0.270 e. The number of aromatic nitrogens is 4. The SMILES string of the molecule is O=C(NCc1ccc2c(c1)OCO2)c1cccn2c(C(=O)N[C@@H](CO)Cc3cnc[nH]3)c(-c3ccsc3)nc12. The first-order valence-electron chi connectivity index (χ1n) is 12.2. The lowest BCUT2D eigenvalue weighted by Crippen LogP contribution is -2.39. The molecule has 1 aliphatic rings. The number of nitrogens with one attached hydrogen (secondary N) is 3. The Balaban J connectivity index is 1.30. The molecule has 1 atom stereocenters. The largest absolute Gasteiger partial charge is 0.454 e. The Hall–Kier alpha value is -4.68. The summed E-state index contributed by atoms with van der Waals surface area (Å²) < 4.78 is 12.4. The van der Waals surface area contributed by atoms with Crippen LogP contribution in [0.5, 0.6) is 11.5 Å². The first-order valence-corrected chi connectivity index (χ1v) is 13.1. The van der Waals surface area contributed by atoms with Crippen molar-refractivity contribution in [2.45, 2.75) is 19.0 Å². The van der Waals surface area contributed by atoms with Gasteiger partial charge in [0, 0.05) is 42.0 Å². The Bertz CT molecular complexity index is 1630. The molecule has 198 valence electrons. The molecule has 0 aliphatic carbocycles. The number of thiophene rings is 1. The van der Waals surface area contributed by atoms with E-state index in [1.165, 1.54) is 11.3 Å². The van der Waals surface area contributed by atoms with Crippen LogP contribution in [0.25, 0.3) is 16.9 Å². The minimum atomic E-state index is -0.549. The molecule has 4 N–H and O–H groups in total. The number of rotatable bonds is 9. The van der Waals surface area contributed by atoms with Crippen LogP contribution in [0.3, 0.4) is 0 Å². The molecule has 0 bridgehead atoms. The van der Waals surface area contributed by atoms with Gasteiger partial charge in [-0.3, -0.25) is 14.0 Å². The second kappa shape index (κ2) is 10.6. The van der Waals surface area contributed by atoms with E-state index < -0.39 is 11.9 Å². The second-order valence-electron chi connectivity index (χ2n) is 8.94. The van der Waals surface area contributed by atoms with Gasteiger partial charge in [0.05, 0.1) is 24.5 Å². The summed E-state index contributed by atoms with van der Waals surface area (Å²) >= 11 is 1.48. The van der Waals surface area contributed by atoms with Crippen molar-refractivity contribution in [2.24, 2.45) is 0 Å². The quantitative estimate of drug-likeness (QED) is 0.223. The molecule has 0 saturated heterocycles. The van der Waals surface area contributed by atoms with Crippen LogP contribution in [0, 0.1) is 0 Å². The third-order valence-electron chi connectivity index (χ3n) is 6.37. The van der Waals surface area contributed by atoms with Crippen LogP contribution in [-0.4, -0.2) is 55.7 Å². The zero-order valence-electron chi connectivity index (χ0n) is 20.6. The molecule has 11 nitrogen and oxygen atoms in total. The van der Waals surface area contributed by atoms with Crippen molar-refractivity contribution >= 4 is 28.8 Å². The monoisotopic (exact) mass is 544 g/mol. The van der Waals surface area contributed by atoms with E-state index in [2.05, 4.69) is 20.6 Å². The highest BCUT2D eigenvalue weighted by atomic mass is 32.1. The standard InChI is InChI=1S/C27H24N6O5S/c34-12-19(9-18-11-28-14-30-18)31-27(36)24-23(17-5-7-39-13-17)32-25-20(2-1-6-33(24)25)26(35)29-10-16-3-4-21-22(8-16)38-15-37-21/h1-8,11,13-14,19,34H,9-10,12,15H2,(H,28,30)(H,29,35)(H,31,36)/t19-/m1/s1. The number of aliphatic hydroxyl groups excluding tert-OH is 1. The fourth-order valence-corrected chi connectivity index (χ4v) is 5.11. The Morgan fingerprint density at radius 1 is 1.18 bits per heavy atom. The van der Waals surface area contributed by atoms with Crippen LogP contribution in [0.4, 0.5) is 0 Å². The van der Waals surface area contributed by atoms with Crippen molar-refractivity contribution in [2.75, 3.05) is 13.4 Å². The van der Waals surface area contributed by atoms with Gasteiger partial charge in [-0.2, -0.15) is 11.3 Å². The van der Waals surface area contributed by atoms with E-state index in [-0.39, 0.29) is 31.5 Å². The molecular formula is C27H24N6O5S. The van der Waals surface area contributed by atoms with Crippen LogP contribution in [-0.2, 0) is 13.0 Å². The van der Waals surface area contributed by atoms with Crippen LogP contribution >= 0.6 is 11.3 Å². The van der Waals surface area contributed by atoms with Crippen LogP contribution < -0.4 is 20.1 Å². The van der Waals surface area contributed by atoms with E-state index in [0.29, 0.717) is 34.8 Å². The van der Waals surface area contributed by atoms with Gasteiger partial charge in [-0.1, -0.05) is 6.07 Å². The average Bonchev–Trinajstić information content (AvgIpc) is 3.77. The third kappa shape index (κ3) is 4.94. The van der Waals surface area contributed by atoms with Gasteiger partial charge < -0.3 is 30.2 Å². The van der Waals surface area contributed by atoms with E-state index in [1.807, 2.05) is 35.0 Å². The molecule has 4 aromatic heterocycles. The Morgan fingerprint density at radius 2 is 2.08 bits per heavy atom. The average molecular weight is 545 g/mol. The highest BCUT2D eigenvalue weighted by Crippen LogP contribution is 2.32. The molecule has 0 fully saturated rings. The third-order valence-corrected chi connectivity index (χ3v) is 7.05. The highest BCUT2D eigenvalue weighted by Gasteiger charge is 2.26. The molecule has 1 aliphatic heterocycles. The lowest BCUT2D eigenvalue weighted by atomic mass is 10.1. The Labute approximate surface area is 226 Å². The van der Waals surface area contributed by atoms with Gasteiger partial charge in [-0.05, 0) is 41.3 Å². The van der Waals surface area contributed by atoms with Gasteiger partial charge in [-0.25, -0.2) is 9.97 Å². The molecule has 5 heterocycles. The molecule has 0 saturated carbocycles. The first kappa shape index (κ1) is 24.6. The van der Waals surface area contributed by atoms with Crippen molar-refractivity contribution in [3.05, 3.63) is 88.4 Å². The van der Waals surface area contributed by atoms with Gasteiger partial charge in [-0.15, -0.1) is 0 Å². The molecule has 0 radical (unpaired) electrons. The predicted molar refractivity (Wildman–Crippen MR) is 143 cm³/mol. The van der Waals surface area contributed by atoms with E-state index in [1.54, 1.807) is 35.3 Å². The molecule has 5 aromatic rings. The fourth-order valence-electron chi connectivity index (χ4n) is 4.47. The summed E-state index contributed by atoms with van der Waals surface area (Å²) in [6, 6.07) is 10.2. The van der Waals surface area contributed by atoms with Crippen molar-refractivity contribution < 1.29 is 24.2 Å². The summed E-state index contributed by atoms with van der Waals surface area (Å²) in [5.74, 6) is 0.564. The second-order valence-corrected chi connectivity index (χ2v) is 9.72. The molecule has 12 heteroatoms. The molecule has 6 rings (SSSR count). The normalized spacial score (nSPS) is 12.9. The number of amides is 2. The number of hydrogen-bond donors (Lipinski definition) is 4. The number of pyridine rings is 1. The maximum absolute atomic E-state index is 13.6. The predicted octanol–water partition coefficient (Wildman–Crippen LogP) is 2.78. The van der Waals surface area contributed by atoms with Gasteiger partial charge in [0.1, 0.15) is 11.4 Å². The number of carbonyl (C=O) groups is 2. The van der Waals surface area contributed by atoms with Crippen LogP contribution in [0.15, 0.2) is 65.9 Å². The zero-order chi connectivity index (χ0) is 26.8. The number of ether oxygens (including phenoxy) is 2. The van der Waals surface area contributed by atoms with Crippen molar-refractivity contribution in [1.82, 2.24) is 30.0 Å². The van der Waals surface area contributed by atoms with E-state index >= 15 is 0 Å². The summed E-state index contributed by atoms with van der Waals surface area (Å²) in [5, 5.41) is 19.5. The number of fused-ring (bicyclic) bond motifs is 2. The smallest absolute Gasteiger partial charge is 0.270 e. The number of nitrogens with zero attached hydrogens (tertiary/aromatic N) is 3. The van der Waals surface area contributed by atoms with E-state index in [4.69, 9.17) is 14.5 Å². The maximum atomic E-state index is 13.6. The summed E-state index contributed by atoms with van der Waals surface area (Å²) in [4.78, 5) is 38.6. The number of hydrogen-bond acceptors (Lipinski definition) is 8. The number of carbonyl (C=O) groups excluding carboxylic acids is 2. The number of imidazole rings is 2. The highest BCUT2D eigenvalue weighted by molar-refractivity contribution is 7.08. The van der Waals surface area contributed by atoms with Gasteiger partial charge in [0.2, 0.25) is 6.79 Å². The van der Waals surface area contributed by atoms with Crippen molar-refractivity contribution in [3.8, 4) is 22.8 Å². The number of benzene rings is 1. The van der Waals surface area contributed by atoms with Crippen LogP contribution in [0.1, 0.15) is 32.1 Å². The van der Waals surface area contributed by atoms with Gasteiger partial charge in [0.15, 0.2) is 17.1 Å². The Morgan fingerprint density at radius 3 is 2.87 bits per heavy atom. The first-order chi connectivity index (χ1) is 19.1. The fraction of sp³-hybridized carbons (Fsp3) is 0.185. The summed E-state index contributed by atoms with van der Waals surface area (Å²) in [5.41, 5.74) is 3.79. The summed E-state index contributed by atoms with van der Waals surface area (Å²) in [6.07, 6.45) is 5.27. The van der Waals surface area contributed by atoms with Crippen molar-refractivity contribution in [1.29, 1.82) is 0 Å². The molecule has 1 aromatic carbocycles. The molecular weight excluding hydrogens is 520 g/mol. The van der Waals surface area contributed by atoms with E-state index in [0.717, 1.165) is 16.8 Å². The topological polar surface area (TPSA) is 143 Å². The summed E-state index contributed by atoms with van der Waals surface area (Å²) in [7, 11) is 0. The minimum Gasteiger partial charge on any atom is -0.454 e. The van der Waals surface area contributed by atoms with Crippen LogP contribution in [0.2, 0.25) is 0 Å². The zero-order valence-corrected chi connectivity index (χ0v) is 21.4. The Kier molecular flexibility index (Phi) is 6.69. The number of H-pyrrole nitrogens is 1. The molecule has 2 amide bonds. The number of aromatic amines is 1. The van der Waals surface area contributed by atoms with E-state index in [9.17, 15) is 14.7 Å². The lowest BCUT2D eigenvalue weighted by Gasteiger charge is -2.16. The van der Waals surface area contributed by atoms with Gasteiger partial charge in [0.25, 0.3) is 11.8 Å². The molecule has 0 spiro atoms. The number of aliphatic hydroxyl groups is 1. The van der Waals surface area contributed by atoms with Crippen molar-refractivity contribution in [3.63, 3.8) is 0 Å². The van der Waals surface area contributed by atoms with Gasteiger partial charge >= 0.3 is 0 Å². The summed E-state index contributed by atoms with van der Waals surface area (Å²) in [6.45, 7) is 0.189. The molecule has 0 unspecified atom stereocenters.